The molecular formula is C21H17FN4O3. The van der Waals surface area contributed by atoms with Gasteiger partial charge in [-0.15, -0.1) is 0 Å². The van der Waals surface area contributed by atoms with Crippen molar-refractivity contribution in [3.05, 3.63) is 81.5 Å². The molecule has 8 heteroatoms. The van der Waals surface area contributed by atoms with Crippen molar-refractivity contribution in [1.82, 2.24) is 14.8 Å². The van der Waals surface area contributed by atoms with Crippen LogP contribution in [0.1, 0.15) is 21.5 Å². The summed E-state index contributed by atoms with van der Waals surface area (Å²) in [7, 11) is 0. The van der Waals surface area contributed by atoms with Gasteiger partial charge >= 0.3 is 0 Å². The number of halogens is 1. The molecule has 146 valence electrons. The second-order valence-electron chi connectivity index (χ2n) is 6.75. The molecule has 2 aromatic carbocycles. The summed E-state index contributed by atoms with van der Waals surface area (Å²) in [6, 6.07) is 11.6. The van der Waals surface area contributed by atoms with E-state index in [1.807, 2.05) is 31.2 Å². The van der Waals surface area contributed by atoms with E-state index in [-0.39, 0.29) is 16.7 Å². The Hall–Kier alpha value is -3.94. The number of aromatic amines is 1. The SMILES string of the molecule is Cc1ccc(-n2ncc3c(O)c(C(=O)Nc4ccc(C)c(F)c4)c(=O)[nH]c32)cc1. The highest BCUT2D eigenvalue weighted by molar-refractivity contribution is 6.08. The highest BCUT2D eigenvalue weighted by atomic mass is 19.1. The van der Waals surface area contributed by atoms with Gasteiger partial charge < -0.3 is 15.4 Å². The van der Waals surface area contributed by atoms with Gasteiger partial charge in [-0.05, 0) is 43.7 Å². The molecular weight excluding hydrogens is 375 g/mol. The zero-order valence-corrected chi connectivity index (χ0v) is 15.7. The van der Waals surface area contributed by atoms with Crippen molar-refractivity contribution in [2.75, 3.05) is 5.32 Å². The molecule has 0 aliphatic heterocycles. The van der Waals surface area contributed by atoms with Gasteiger partial charge in [-0.2, -0.15) is 5.10 Å². The topological polar surface area (TPSA) is 100 Å². The monoisotopic (exact) mass is 392 g/mol. The van der Waals surface area contributed by atoms with Crippen LogP contribution in [-0.4, -0.2) is 25.8 Å². The van der Waals surface area contributed by atoms with Gasteiger partial charge in [0.15, 0.2) is 0 Å². The Bertz CT molecular complexity index is 1310. The number of nitrogens with one attached hydrogen (secondary N) is 2. The molecule has 7 nitrogen and oxygen atoms in total. The van der Waals surface area contributed by atoms with Crippen LogP contribution in [-0.2, 0) is 0 Å². The molecule has 0 fully saturated rings. The zero-order chi connectivity index (χ0) is 20.7. The molecule has 1 amide bonds. The number of anilines is 1. The van der Waals surface area contributed by atoms with E-state index in [0.29, 0.717) is 11.3 Å². The van der Waals surface area contributed by atoms with E-state index in [1.54, 1.807) is 6.92 Å². The highest BCUT2D eigenvalue weighted by Crippen LogP contribution is 2.27. The Morgan fingerprint density at radius 2 is 1.90 bits per heavy atom. The highest BCUT2D eigenvalue weighted by Gasteiger charge is 2.22. The predicted molar refractivity (Wildman–Crippen MR) is 107 cm³/mol. The first-order valence-corrected chi connectivity index (χ1v) is 8.82. The Morgan fingerprint density at radius 1 is 1.17 bits per heavy atom. The molecule has 0 aliphatic carbocycles. The zero-order valence-electron chi connectivity index (χ0n) is 15.7. The fourth-order valence-electron chi connectivity index (χ4n) is 3.01. The number of amides is 1. The van der Waals surface area contributed by atoms with Crippen LogP contribution in [0.3, 0.4) is 0 Å². The third kappa shape index (κ3) is 3.25. The van der Waals surface area contributed by atoms with Gasteiger partial charge in [0, 0.05) is 5.69 Å². The predicted octanol–water partition coefficient (Wildman–Crippen LogP) is 3.43. The number of benzene rings is 2. The van der Waals surface area contributed by atoms with Crippen molar-refractivity contribution in [2.45, 2.75) is 13.8 Å². The van der Waals surface area contributed by atoms with Crippen LogP contribution in [0.15, 0.2) is 53.5 Å². The van der Waals surface area contributed by atoms with Crippen molar-refractivity contribution in [3.8, 4) is 11.4 Å². The Balaban J connectivity index is 1.76. The first-order valence-electron chi connectivity index (χ1n) is 8.82. The van der Waals surface area contributed by atoms with Crippen molar-refractivity contribution >= 4 is 22.6 Å². The number of aryl methyl sites for hydroxylation is 2. The van der Waals surface area contributed by atoms with E-state index in [2.05, 4.69) is 15.4 Å². The molecule has 0 atom stereocenters. The van der Waals surface area contributed by atoms with Crippen LogP contribution in [0, 0.1) is 19.7 Å². The number of hydrogen-bond acceptors (Lipinski definition) is 4. The molecule has 4 rings (SSSR count). The standard InChI is InChI=1S/C21H17FN4O3/c1-11-3-7-14(8-4-11)26-19-15(10-23-26)18(27)17(21(29)25-19)20(28)24-13-6-5-12(2)16(22)9-13/h3-10H,1-2H3,(H,24,28)(H2,25,27,29). The number of H-pyrrole nitrogens is 1. The Kier molecular flexibility index (Phi) is 4.38. The molecule has 2 aromatic heterocycles. The van der Waals surface area contributed by atoms with Gasteiger partial charge in [0.2, 0.25) is 0 Å². The first kappa shape index (κ1) is 18.4. The molecule has 0 bridgehead atoms. The number of aromatic hydroxyl groups is 1. The average Bonchev–Trinajstić information content (AvgIpc) is 3.09. The van der Waals surface area contributed by atoms with Gasteiger partial charge in [0.1, 0.15) is 22.8 Å². The summed E-state index contributed by atoms with van der Waals surface area (Å²) >= 11 is 0. The Labute approximate surface area is 164 Å². The molecule has 0 unspecified atom stereocenters. The van der Waals surface area contributed by atoms with E-state index in [0.717, 1.165) is 11.6 Å². The molecule has 0 spiro atoms. The van der Waals surface area contributed by atoms with Crippen LogP contribution < -0.4 is 10.9 Å². The molecule has 0 saturated carbocycles. The average molecular weight is 392 g/mol. The lowest BCUT2D eigenvalue weighted by atomic mass is 10.1. The minimum absolute atomic E-state index is 0.173. The summed E-state index contributed by atoms with van der Waals surface area (Å²) in [6.07, 6.45) is 1.36. The third-order valence-electron chi connectivity index (χ3n) is 4.66. The molecule has 0 saturated heterocycles. The van der Waals surface area contributed by atoms with E-state index in [9.17, 15) is 19.1 Å². The lowest BCUT2D eigenvalue weighted by Crippen LogP contribution is -2.23. The van der Waals surface area contributed by atoms with E-state index >= 15 is 0 Å². The molecule has 0 radical (unpaired) electrons. The van der Waals surface area contributed by atoms with Crippen LogP contribution in [0.2, 0.25) is 0 Å². The number of rotatable bonds is 3. The molecule has 4 aromatic rings. The number of aromatic nitrogens is 3. The van der Waals surface area contributed by atoms with Gasteiger partial charge in [0.05, 0.1) is 17.3 Å². The van der Waals surface area contributed by atoms with Crippen molar-refractivity contribution in [1.29, 1.82) is 0 Å². The number of carbonyl (C=O) groups excluding carboxylic acids is 1. The molecule has 0 aliphatic rings. The normalized spacial score (nSPS) is 11.0. The summed E-state index contributed by atoms with van der Waals surface area (Å²) in [5.74, 6) is -1.83. The number of fused-ring (bicyclic) bond motifs is 1. The van der Waals surface area contributed by atoms with E-state index < -0.39 is 28.6 Å². The molecule has 2 heterocycles. The largest absolute Gasteiger partial charge is 0.506 e. The minimum Gasteiger partial charge on any atom is -0.506 e. The van der Waals surface area contributed by atoms with E-state index in [1.165, 1.54) is 23.0 Å². The quantitative estimate of drug-likeness (QED) is 0.497. The summed E-state index contributed by atoms with van der Waals surface area (Å²) in [6.45, 7) is 3.54. The first-order chi connectivity index (χ1) is 13.8. The fourth-order valence-corrected chi connectivity index (χ4v) is 3.01. The Morgan fingerprint density at radius 3 is 2.59 bits per heavy atom. The van der Waals surface area contributed by atoms with Gasteiger partial charge in [-0.3, -0.25) is 9.59 Å². The summed E-state index contributed by atoms with van der Waals surface area (Å²) < 4.78 is 15.2. The smallest absolute Gasteiger partial charge is 0.266 e. The van der Waals surface area contributed by atoms with Crippen LogP contribution in [0.4, 0.5) is 10.1 Å². The summed E-state index contributed by atoms with van der Waals surface area (Å²) in [5, 5.41) is 17.4. The maximum absolute atomic E-state index is 13.7. The number of nitrogens with zero attached hydrogens (tertiary/aromatic N) is 2. The second kappa shape index (κ2) is 6.90. The van der Waals surface area contributed by atoms with Crippen LogP contribution >= 0.6 is 0 Å². The van der Waals surface area contributed by atoms with Crippen LogP contribution in [0.25, 0.3) is 16.7 Å². The van der Waals surface area contributed by atoms with Crippen molar-refractivity contribution in [3.63, 3.8) is 0 Å². The lowest BCUT2D eigenvalue weighted by molar-refractivity contribution is 0.102. The van der Waals surface area contributed by atoms with Crippen LogP contribution in [0.5, 0.6) is 5.75 Å². The third-order valence-corrected chi connectivity index (χ3v) is 4.66. The number of carbonyl (C=O) groups is 1. The molecule has 3 N–H and O–H groups in total. The van der Waals surface area contributed by atoms with Gasteiger partial charge in [0.25, 0.3) is 11.5 Å². The summed E-state index contributed by atoms with van der Waals surface area (Å²) in [4.78, 5) is 27.7. The number of pyridine rings is 1. The second-order valence-corrected chi connectivity index (χ2v) is 6.75. The minimum atomic E-state index is -0.850. The number of hydrogen-bond donors (Lipinski definition) is 3. The maximum atomic E-state index is 13.7. The van der Waals surface area contributed by atoms with E-state index in [4.69, 9.17) is 0 Å². The molecule has 29 heavy (non-hydrogen) atoms. The summed E-state index contributed by atoms with van der Waals surface area (Å²) in [5.41, 5.74) is 1.35. The maximum Gasteiger partial charge on any atom is 0.266 e. The van der Waals surface area contributed by atoms with Crippen molar-refractivity contribution in [2.24, 2.45) is 0 Å². The van der Waals surface area contributed by atoms with Crippen molar-refractivity contribution < 1.29 is 14.3 Å². The lowest BCUT2D eigenvalue weighted by Gasteiger charge is -2.09. The fraction of sp³-hybridized carbons (Fsp3) is 0.0952. The van der Waals surface area contributed by atoms with Gasteiger partial charge in [-0.1, -0.05) is 23.8 Å². The van der Waals surface area contributed by atoms with Gasteiger partial charge in [-0.25, -0.2) is 9.07 Å².